The van der Waals surface area contributed by atoms with Gasteiger partial charge in [-0.25, -0.2) is 9.98 Å². The lowest BCUT2D eigenvalue weighted by Gasteiger charge is -2.33. The molecule has 0 saturated heterocycles. The highest BCUT2D eigenvalue weighted by atomic mass is 28.3. The Hall–Kier alpha value is -5.45. The summed E-state index contributed by atoms with van der Waals surface area (Å²) in [6, 6.07) is 53.2. The first-order valence-corrected chi connectivity index (χ1v) is 18.2. The lowest BCUT2D eigenvalue weighted by Crippen LogP contribution is -2.59. The molecule has 0 amide bonds. The van der Waals surface area contributed by atoms with Gasteiger partial charge in [-0.2, -0.15) is 0 Å². The van der Waals surface area contributed by atoms with E-state index in [4.69, 9.17) is 9.98 Å². The zero-order chi connectivity index (χ0) is 30.8. The van der Waals surface area contributed by atoms with Crippen LogP contribution in [-0.2, 0) is 0 Å². The Bertz CT molecular complexity index is 1840. The molecular formula is C41H32N2OSi. The molecule has 6 aromatic rings. The van der Waals surface area contributed by atoms with Crippen LogP contribution < -0.4 is 10.4 Å². The molecule has 1 aliphatic rings. The predicted octanol–water partition coefficient (Wildman–Crippen LogP) is 8.39. The van der Waals surface area contributed by atoms with Crippen molar-refractivity contribution >= 4 is 47.0 Å². The van der Waals surface area contributed by atoms with Gasteiger partial charge in [-0.3, -0.25) is 4.79 Å². The van der Waals surface area contributed by atoms with E-state index in [2.05, 4.69) is 73.8 Å². The molecule has 4 heteroatoms. The summed E-state index contributed by atoms with van der Waals surface area (Å²) >= 11 is 0. The van der Waals surface area contributed by atoms with Crippen molar-refractivity contribution in [3.63, 3.8) is 0 Å². The molecule has 0 fully saturated rings. The van der Waals surface area contributed by atoms with Gasteiger partial charge < -0.3 is 0 Å². The zero-order valence-corrected chi connectivity index (χ0v) is 26.3. The molecule has 1 heterocycles. The number of benzene rings is 6. The van der Waals surface area contributed by atoms with Crippen molar-refractivity contribution < 1.29 is 4.79 Å². The van der Waals surface area contributed by atoms with E-state index in [9.17, 15) is 4.79 Å². The van der Waals surface area contributed by atoms with E-state index in [1.807, 2.05) is 97.1 Å². The van der Waals surface area contributed by atoms with Crippen LogP contribution in [0, 0.1) is 0 Å². The van der Waals surface area contributed by atoms with Gasteiger partial charge in [-0.05, 0) is 46.8 Å². The number of carbonyl (C=O) groups excluding carboxylic acids is 1. The molecule has 0 spiro atoms. The molecule has 45 heavy (non-hydrogen) atoms. The third kappa shape index (κ3) is 5.52. The van der Waals surface area contributed by atoms with Crippen molar-refractivity contribution in [3.8, 4) is 0 Å². The number of fused-ring (bicyclic) bond motifs is 2. The Morgan fingerprint density at radius 1 is 0.444 bits per heavy atom. The summed E-state index contributed by atoms with van der Waals surface area (Å²) in [5.74, 6) is 0.0653. The van der Waals surface area contributed by atoms with Crippen molar-refractivity contribution in [2.24, 2.45) is 9.98 Å². The highest BCUT2D eigenvalue weighted by Gasteiger charge is 2.39. The molecule has 0 N–H and O–H groups in total. The van der Waals surface area contributed by atoms with E-state index in [-0.39, 0.29) is 5.78 Å². The van der Waals surface area contributed by atoms with E-state index in [1.54, 1.807) is 0 Å². The van der Waals surface area contributed by atoms with Gasteiger partial charge in [0.05, 0.1) is 22.8 Å². The van der Waals surface area contributed by atoms with Gasteiger partial charge in [0.15, 0.2) is 5.78 Å². The van der Waals surface area contributed by atoms with Crippen LogP contribution in [0.2, 0.25) is 13.1 Å². The number of carbonyl (C=O) groups is 1. The number of rotatable bonds is 6. The third-order valence-corrected chi connectivity index (χ3v) is 12.0. The first-order chi connectivity index (χ1) is 22.0. The van der Waals surface area contributed by atoms with Crippen molar-refractivity contribution in [3.05, 3.63) is 191 Å². The molecule has 0 bridgehead atoms. The minimum Gasteiger partial charge on any atom is -0.289 e. The van der Waals surface area contributed by atoms with Crippen LogP contribution >= 0.6 is 0 Å². The van der Waals surface area contributed by atoms with Crippen LogP contribution in [0.15, 0.2) is 168 Å². The molecule has 0 saturated carbocycles. The van der Waals surface area contributed by atoms with E-state index in [0.717, 1.165) is 66.6 Å². The predicted molar refractivity (Wildman–Crippen MR) is 189 cm³/mol. The SMILES string of the molecule is C[Si]1(C)c2cc(N=C(c3ccccc3)c3ccccc3)ccc2C(=O)c2ccc(N=C(c3ccccc3)c3ccccc3)cc21. The van der Waals surface area contributed by atoms with Crippen molar-refractivity contribution in [2.45, 2.75) is 13.1 Å². The van der Waals surface area contributed by atoms with Crippen molar-refractivity contribution in [2.75, 3.05) is 0 Å². The fourth-order valence-electron chi connectivity index (χ4n) is 6.16. The molecule has 216 valence electrons. The number of hydrogen-bond acceptors (Lipinski definition) is 3. The number of ketones is 1. The number of aliphatic imine (C=N–C) groups is 2. The molecule has 0 unspecified atom stereocenters. The van der Waals surface area contributed by atoms with E-state index < -0.39 is 8.07 Å². The summed E-state index contributed by atoms with van der Waals surface area (Å²) in [5, 5.41) is 2.21. The number of hydrogen-bond donors (Lipinski definition) is 0. The largest absolute Gasteiger partial charge is 0.289 e. The Morgan fingerprint density at radius 2 is 0.756 bits per heavy atom. The van der Waals surface area contributed by atoms with Gasteiger partial charge in [0.25, 0.3) is 0 Å². The fraction of sp³-hybridized carbons (Fsp3) is 0.0488. The lowest BCUT2D eigenvalue weighted by molar-refractivity contribution is 0.104. The second-order valence-electron chi connectivity index (χ2n) is 11.8. The standard InChI is InChI=1S/C41H32N2OSi/c1-45(2)37-27-33(42-39(29-15-7-3-8-16-29)30-17-9-4-10-18-30)23-25-35(37)41(44)36-26-24-34(28-38(36)45)43-40(31-19-11-5-12-20-31)32-21-13-6-14-22-32/h3-28H,1-2H3. The number of nitrogens with zero attached hydrogens (tertiary/aromatic N) is 2. The van der Waals surface area contributed by atoms with Crippen molar-refractivity contribution in [1.82, 2.24) is 0 Å². The summed E-state index contributed by atoms with van der Waals surface area (Å²) < 4.78 is 0. The van der Waals surface area contributed by atoms with Crippen LogP contribution in [0.25, 0.3) is 0 Å². The Kier molecular flexibility index (Phi) is 7.50. The van der Waals surface area contributed by atoms with Gasteiger partial charge in [0.1, 0.15) is 8.07 Å². The maximum atomic E-state index is 13.9. The molecule has 0 aliphatic carbocycles. The molecule has 0 aromatic heterocycles. The third-order valence-electron chi connectivity index (χ3n) is 8.51. The molecule has 0 radical (unpaired) electrons. The second-order valence-corrected chi connectivity index (χ2v) is 16.1. The molecule has 7 rings (SSSR count). The average molecular weight is 597 g/mol. The van der Waals surface area contributed by atoms with E-state index >= 15 is 0 Å². The molecule has 0 atom stereocenters. The van der Waals surface area contributed by atoms with Gasteiger partial charge in [0.2, 0.25) is 0 Å². The Balaban J connectivity index is 1.33. The minimum absolute atomic E-state index is 0.0653. The summed E-state index contributed by atoms with van der Waals surface area (Å²) in [6.45, 7) is 4.64. The van der Waals surface area contributed by atoms with Crippen LogP contribution in [0.1, 0.15) is 38.2 Å². The highest BCUT2D eigenvalue weighted by molar-refractivity contribution is 7.02. The normalized spacial score (nSPS) is 12.9. The second kappa shape index (κ2) is 11.9. The summed E-state index contributed by atoms with van der Waals surface area (Å²) in [5.41, 5.74) is 9.27. The molecule has 1 aliphatic heterocycles. The molecule has 3 nitrogen and oxygen atoms in total. The van der Waals surface area contributed by atoms with E-state index in [0.29, 0.717) is 0 Å². The van der Waals surface area contributed by atoms with Gasteiger partial charge in [-0.15, -0.1) is 0 Å². The fourth-order valence-corrected chi connectivity index (χ4v) is 9.21. The summed E-state index contributed by atoms with van der Waals surface area (Å²) in [4.78, 5) is 24.3. The first kappa shape index (κ1) is 28.3. The smallest absolute Gasteiger partial charge is 0.192 e. The monoisotopic (exact) mass is 596 g/mol. The Morgan fingerprint density at radius 3 is 1.07 bits per heavy atom. The quantitative estimate of drug-likeness (QED) is 0.141. The maximum Gasteiger partial charge on any atom is 0.192 e. The summed E-state index contributed by atoms with van der Waals surface area (Å²) in [7, 11) is -2.31. The lowest BCUT2D eigenvalue weighted by atomic mass is 10.00. The zero-order valence-electron chi connectivity index (χ0n) is 25.3. The highest BCUT2D eigenvalue weighted by Crippen LogP contribution is 2.28. The topological polar surface area (TPSA) is 41.8 Å². The average Bonchev–Trinajstić information content (AvgIpc) is 3.10. The van der Waals surface area contributed by atoms with Crippen LogP contribution in [0.3, 0.4) is 0 Å². The van der Waals surface area contributed by atoms with Crippen molar-refractivity contribution in [1.29, 1.82) is 0 Å². The van der Waals surface area contributed by atoms with Gasteiger partial charge >= 0.3 is 0 Å². The van der Waals surface area contributed by atoms with Crippen LogP contribution in [0.4, 0.5) is 11.4 Å². The molecular weight excluding hydrogens is 565 g/mol. The van der Waals surface area contributed by atoms with Crippen LogP contribution in [0.5, 0.6) is 0 Å². The van der Waals surface area contributed by atoms with Gasteiger partial charge in [-0.1, -0.05) is 134 Å². The summed E-state index contributed by atoms with van der Waals surface area (Å²) in [6.07, 6.45) is 0. The van der Waals surface area contributed by atoms with E-state index in [1.165, 1.54) is 0 Å². The Labute approximate surface area is 265 Å². The molecule has 6 aromatic carbocycles. The maximum absolute atomic E-state index is 13.9. The first-order valence-electron chi connectivity index (χ1n) is 15.2. The van der Waals surface area contributed by atoms with Crippen LogP contribution in [-0.4, -0.2) is 25.3 Å². The van der Waals surface area contributed by atoms with Gasteiger partial charge in [0, 0.05) is 33.4 Å². The minimum atomic E-state index is -2.31.